The van der Waals surface area contributed by atoms with Gasteiger partial charge in [-0.2, -0.15) is 0 Å². The summed E-state index contributed by atoms with van der Waals surface area (Å²) < 4.78 is 10.7. The largest absolute Gasteiger partial charge is 0.462 e. The van der Waals surface area contributed by atoms with Gasteiger partial charge in [0.15, 0.2) is 6.10 Å². The molecule has 0 aliphatic carbocycles. The van der Waals surface area contributed by atoms with Gasteiger partial charge in [0.25, 0.3) is 0 Å². The van der Waals surface area contributed by atoms with Crippen molar-refractivity contribution in [2.24, 2.45) is 0 Å². The molecule has 0 radical (unpaired) electrons. The van der Waals surface area contributed by atoms with E-state index in [1.165, 1.54) is 116 Å². The average Bonchev–Trinajstić information content (AvgIpc) is 3.51. The first-order valence-electron chi connectivity index (χ1n) is 34.3. The summed E-state index contributed by atoms with van der Waals surface area (Å²) in [6.07, 6.45) is 113. The molecule has 0 aromatic carbocycles. The SMILES string of the molecule is CC/C=C\C/C=C\C/C=C\C/C=C\C/C=C\C/C=C\C/C=C\C/C=C\C/C=C\C/C=C\C/C=C\CCCCCC(=O)OC(CO)COC(=O)CCCCCCCCCCCCCCCCCCCCCC/C=C\C/C=C\C/C=C\C/C=C\CC. The summed E-state index contributed by atoms with van der Waals surface area (Å²) in [6, 6.07) is 0. The van der Waals surface area contributed by atoms with Crippen molar-refractivity contribution in [1.82, 2.24) is 0 Å². The number of ether oxygens (including phenoxy) is 2. The molecule has 0 heterocycles. The Bertz CT molecular complexity index is 1890. The number of allylic oxidation sites excluding steroid dienone is 30. The molecule has 0 saturated carbocycles. The van der Waals surface area contributed by atoms with Gasteiger partial charge in [-0.15, -0.1) is 0 Å². The zero-order chi connectivity index (χ0) is 60.5. The molecule has 0 bridgehead atoms. The van der Waals surface area contributed by atoms with Crippen LogP contribution in [0, 0.1) is 0 Å². The fraction of sp³-hybridized carbons (Fsp3) is 0.595. The molecule has 0 aliphatic heterocycles. The second-order valence-corrected chi connectivity index (χ2v) is 22.1. The first-order chi connectivity index (χ1) is 41.6. The number of unbranched alkanes of at least 4 members (excludes halogenated alkanes) is 23. The van der Waals surface area contributed by atoms with Crippen molar-refractivity contribution in [3.05, 3.63) is 182 Å². The molecule has 0 rings (SSSR count). The predicted molar refractivity (Wildman–Crippen MR) is 370 cm³/mol. The van der Waals surface area contributed by atoms with Crippen LogP contribution in [0.5, 0.6) is 0 Å². The lowest BCUT2D eigenvalue weighted by atomic mass is 10.0. The van der Waals surface area contributed by atoms with Crippen LogP contribution in [0.2, 0.25) is 0 Å². The molecule has 0 aliphatic rings. The monoisotopic (exact) mass is 1150 g/mol. The Balaban J connectivity index is 3.59. The Morgan fingerprint density at radius 3 is 0.726 bits per heavy atom. The van der Waals surface area contributed by atoms with Crippen molar-refractivity contribution in [3.8, 4) is 0 Å². The molecule has 1 unspecified atom stereocenters. The van der Waals surface area contributed by atoms with Gasteiger partial charge in [-0.1, -0.05) is 318 Å². The van der Waals surface area contributed by atoms with Crippen molar-refractivity contribution < 1.29 is 24.2 Å². The zero-order valence-corrected chi connectivity index (χ0v) is 54.1. The first kappa shape index (κ1) is 79.0. The fourth-order valence-corrected chi connectivity index (χ4v) is 9.14. The van der Waals surface area contributed by atoms with E-state index in [-0.39, 0.29) is 25.2 Å². The van der Waals surface area contributed by atoms with Gasteiger partial charge in [0.2, 0.25) is 0 Å². The average molecular weight is 1160 g/mol. The number of rotatable bonds is 61. The highest BCUT2D eigenvalue weighted by Gasteiger charge is 2.16. The summed E-state index contributed by atoms with van der Waals surface area (Å²) in [6.45, 7) is 3.89. The Morgan fingerprint density at radius 1 is 0.274 bits per heavy atom. The molecule has 1 N–H and O–H groups in total. The number of aliphatic hydroxyl groups excluding tert-OH is 1. The van der Waals surface area contributed by atoms with Crippen LogP contribution in [0.1, 0.15) is 284 Å². The third kappa shape index (κ3) is 69.5. The second kappa shape index (κ2) is 72.3. The van der Waals surface area contributed by atoms with Crippen LogP contribution >= 0.6 is 0 Å². The number of carbonyl (C=O) groups is 2. The fourth-order valence-electron chi connectivity index (χ4n) is 9.14. The van der Waals surface area contributed by atoms with Crippen LogP contribution in [0.15, 0.2) is 182 Å². The van der Waals surface area contributed by atoms with Gasteiger partial charge in [0, 0.05) is 12.8 Å². The Kier molecular flexibility index (Phi) is 68.0. The third-order valence-corrected chi connectivity index (χ3v) is 14.2. The van der Waals surface area contributed by atoms with Crippen LogP contribution in [-0.2, 0) is 19.1 Å². The molecule has 5 heteroatoms. The lowest BCUT2D eigenvalue weighted by Crippen LogP contribution is -2.28. The van der Waals surface area contributed by atoms with E-state index in [2.05, 4.69) is 196 Å². The minimum absolute atomic E-state index is 0.0883. The maximum atomic E-state index is 12.3. The number of aliphatic hydroxyl groups is 1. The zero-order valence-electron chi connectivity index (χ0n) is 54.1. The van der Waals surface area contributed by atoms with Crippen molar-refractivity contribution in [2.75, 3.05) is 13.2 Å². The van der Waals surface area contributed by atoms with Gasteiger partial charge in [0.1, 0.15) is 6.61 Å². The van der Waals surface area contributed by atoms with Crippen LogP contribution in [0.4, 0.5) is 0 Å². The Morgan fingerprint density at radius 2 is 0.476 bits per heavy atom. The lowest BCUT2D eigenvalue weighted by molar-refractivity contribution is -0.161. The summed E-state index contributed by atoms with van der Waals surface area (Å²) in [7, 11) is 0. The van der Waals surface area contributed by atoms with Crippen molar-refractivity contribution in [1.29, 1.82) is 0 Å². The number of esters is 2. The highest BCUT2D eigenvalue weighted by molar-refractivity contribution is 5.70. The molecule has 472 valence electrons. The van der Waals surface area contributed by atoms with Crippen molar-refractivity contribution in [3.63, 3.8) is 0 Å². The topological polar surface area (TPSA) is 72.8 Å². The first-order valence-corrected chi connectivity index (χ1v) is 34.3. The predicted octanol–water partition coefficient (Wildman–Crippen LogP) is 24.2. The van der Waals surface area contributed by atoms with E-state index < -0.39 is 6.10 Å². The van der Waals surface area contributed by atoms with Gasteiger partial charge in [0.05, 0.1) is 6.61 Å². The van der Waals surface area contributed by atoms with E-state index in [0.29, 0.717) is 12.8 Å². The summed E-state index contributed by atoms with van der Waals surface area (Å²) in [5.74, 6) is -0.633. The maximum absolute atomic E-state index is 12.3. The summed E-state index contributed by atoms with van der Waals surface area (Å²) >= 11 is 0. The Hall–Kier alpha value is -5.00. The second-order valence-electron chi connectivity index (χ2n) is 22.1. The quantitative estimate of drug-likeness (QED) is 0.0373. The van der Waals surface area contributed by atoms with Gasteiger partial charge >= 0.3 is 11.9 Å². The summed E-state index contributed by atoms with van der Waals surface area (Å²) in [5, 5.41) is 9.69. The van der Waals surface area contributed by atoms with E-state index in [1.54, 1.807) is 0 Å². The molecule has 0 aromatic rings. The Labute approximate surface area is 518 Å². The third-order valence-electron chi connectivity index (χ3n) is 14.2. The number of hydrogen-bond donors (Lipinski definition) is 1. The molecule has 0 spiro atoms. The molecular weight excluding hydrogens is 1030 g/mol. The molecule has 5 nitrogen and oxygen atoms in total. The highest BCUT2D eigenvalue weighted by atomic mass is 16.6. The summed E-state index contributed by atoms with van der Waals surface area (Å²) in [4.78, 5) is 24.6. The van der Waals surface area contributed by atoms with Crippen LogP contribution in [-0.4, -0.2) is 36.4 Å². The van der Waals surface area contributed by atoms with E-state index in [0.717, 1.165) is 141 Å². The van der Waals surface area contributed by atoms with E-state index >= 15 is 0 Å². The van der Waals surface area contributed by atoms with E-state index in [1.807, 2.05) is 0 Å². The molecule has 0 aromatic heterocycles. The number of hydrogen-bond acceptors (Lipinski definition) is 5. The number of carbonyl (C=O) groups excluding carboxylic acids is 2. The van der Waals surface area contributed by atoms with E-state index in [4.69, 9.17) is 9.47 Å². The van der Waals surface area contributed by atoms with Gasteiger partial charge in [-0.05, 0) is 135 Å². The minimum atomic E-state index is -0.804. The van der Waals surface area contributed by atoms with Crippen LogP contribution < -0.4 is 0 Å². The highest BCUT2D eigenvalue weighted by Crippen LogP contribution is 2.16. The van der Waals surface area contributed by atoms with Crippen molar-refractivity contribution >= 4 is 11.9 Å². The smallest absolute Gasteiger partial charge is 0.306 e. The maximum Gasteiger partial charge on any atom is 0.306 e. The molecule has 0 fully saturated rings. The minimum Gasteiger partial charge on any atom is -0.462 e. The van der Waals surface area contributed by atoms with Crippen LogP contribution in [0.25, 0.3) is 0 Å². The van der Waals surface area contributed by atoms with Crippen molar-refractivity contribution in [2.45, 2.75) is 290 Å². The van der Waals surface area contributed by atoms with Crippen LogP contribution in [0.3, 0.4) is 0 Å². The lowest BCUT2D eigenvalue weighted by Gasteiger charge is -2.15. The molecule has 1 atom stereocenters. The van der Waals surface area contributed by atoms with Gasteiger partial charge in [-0.3, -0.25) is 9.59 Å². The normalized spacial score (nSPS) is 13.4. The standard InChI is InChI=1S/C79H126O5/c1-3-5-7-9-11-13-15-17-19-21-23-25-27-29-31-33-35-37-38-39-40-42-44-46-48-50-52-54-56-58-60-62-64-66-68-70-72-74-79(82)84-77(75-80)76-83-78(81)73-71-69-67-65-63-61-59-57-55-53-51-49-47-45-43-41-36-34-32-30-28-26-24-22-20-18-16-14-12-10-8-6-4-2/h5-8,11-14,17-20,23-26,29,31,35,37,39-40,44,46,50,52,56,58,62,64,77,80H,3-4,9-10,15-16,21-22,27-28,30,32-34,36,38,41-43,45,47-49,51,53-55,57,59-61,63,65-76H2,1-2H3/b7-5-,8-6-,13-11-,14-12-,19-17-,20-18-,25-23-,26-24-,31-29-,37-35-,40-39-,46-44-,52-50-,58-56-,64-62-. The molecule has 84 heavy (non-hydrogen) atoms. The molecule has 0 saturated heterocycles. The van der Waals surface area contributed by atoms with Gasteiger partial charge < -0.3 is 14.6 Å². The summed E-state index contributed by atoms with van der Waals surface area (Å²) in [5.41, 5.74) is 0. The van der Waals surface area contributed by atoms with Gasteiger partial charge in [-0.25, -0.2) is 0 Å². The molecule has 0 amide bonds. The molecular formula is C79H126O5. The van der Waals surface area contributed by atoms with E-state index in [9.17, 15) is 14.7 Å².